The van der Waals surface area contributed by atoms with Crippen molar-refractivity contribution in [3.63, 3.8) is 0 Å². The van der Waals surface area contributed by atoms with Gasteiger partial charge in [-0.1, -0.05) is 32.8 Å². The second-order valence-corrected chi connectivity index (χ2v) is 5.71. The maximum atomic E-state index is 10.2. The molecule has 0 aromatic rings. The zero-order valence-corrected chi connectivity index (χ0v) is 17.0. The minimum atomic E-state index is -4.84. The van der Waals surface area contributed by atoms with E-state index in [0.29, 0.717) is 6.61 Å². The van der Waals surface area contributed by atoms with Gasteiger partial charge in [0.1, 0.15) is 0 Å². The van der Waals surface area contributed by atoms with Crippen LogP contribution < -0.4 is 51.4 Å². The molecule has 10 heteroatoms. The van der Waals surface area contributed by atoms with Gasteiger partial charge in [0.25, 0.3) is 10.1 Å². The fraction of sp³-hybridized carbons (Fsp3) is 0.750. The molecular weight excluding hydrogens is 343 g/mol. The topological polar surface area (TPSA) is 138 Å². The van der Waals surface area contributed by atoms with Crippen molar-refractivity contribution in [2.24, 2.45) is 0 Å². The third kappa shape index (κ3) is 18.5. The van der Waals surface area contributed by atoms with Crippen LogP contribution in [0.5, 0.6) is 0 Å². The number of ether oxygens (including phenoxy) is 1. The Labute approximate surface area is 173 Å². The molecular formula is C12H23KO8S. The van der Waals surface area contributed by atoms with Crippen molar-refractivity contribution in [3.05, 3.63) is 6.92 Å². The zero-order valence-electron chi connectivity index (χ0n) is 13.0. The van der Waals surface area contributed by atoms with Gasteiger partial charge >= 0.3 is 63.3 Å². The van der Waals surface area contributed by atoms with E-state index < -0.39 is 33.7 Å². The number of carbonyl (C=O) groups is 2. The van der Waals surface area contributed by atoms with Crippen molar-refractivity contribution >= 4 is 22.1 Å². The molecule has 22 heavy (non-hydrogen) atoms. The van der Waals surface area contributed by atoms with E-state index in [4.69, 9.17) is 19.5 Å². The van der Waals surface area contributed by atoms with Crippen LogP contribution in [0.25, 0.3) is 0 Å². The normalized spacial score (nSPS) is 11.6. The Morgan fingerprint density at radius 3 is 2.00 bits per heavy atom. The molecule has 0 saturated heterocycles. The minimum Gasteiger partial charge on any atom is -0.481 e. The Kier molecular flexibility index (Phi) is 20.2. The van der Waals surface area contributed by atoms with Gasteiger partial charge in [-0.15, -0.1) is 0 Å². The van der Waals surface area contributed by atoms with E-state index in [0.717, 1.165) is 6.61 Å². The van der Waals surface area contributed by atoms with Crippen LogP contribution >= 0.6 is 0 Å². The smallest absolute Gasteiger partial charge is 0.481 e. The quantitative estimate of drug-likeness (QED) is 0.179. The summed E-state index contributed by atoms with van der Waals surface area (Å²) in [6.45, 7) is 7.30. The van der Waals surface area contributed by atoms with E-state index in [-0.39, 0.29) is 51.4 Å². The molecule has 0 aliphatic rings. The van der Waals surface area contributed by atoms with E-state index >= 15 is 0 Å². The van der Waals surface area contributed by atoms with Gasteiger partial charge in [-0.25, -0.2) is 0 Å². The van der Waals surface area contributed by atoms with E-state index in [1.165, 1.54) is 25.7 Å². The molecule has 126 valence electrons. The Balaban J connectivity index is -0.000000326. The first-order valence-electron chi connectivity index (χ1n) is 6.44. The fourth-order valence-corrected chi connectivity index (χ4v) is 1.82. The van der Waals surface area contributed by atoms with Crippen LogP contribution in [-0.4, -0.2) is 53.6 Å². The van der Waals surface area contributed by atoms with Gasteiger partial charge < -0.3 is 21.9 Å². The number of aliphatic carboxylic acids is 2. The molecule has 0 aromatic carbocycles. The molecule has 8 nitrogen and oxygen atoms in total. The summed E-state index contributed by atoms with van der Waals surface area (Å²) in [5, 5.41) is 13.9. The average molecular weight is 366 g/mol. The molecule has 0 aliphatic heterocycles. The first-order chi connectivity index (χ1) is 9.66. The van der Waals surface area contributed by atoms with Crippen molar-refractivity contribution in [3.8, 4) is 0 Å². The Hall–Kier alpha value is 0.446. The maximum Gasteiger partial charge on any atom is 1.00 e. The van der Waals surface area contributed by atoms with Gasteiger partial charge in [0.2, 0.25) is 0 Å². The summed E-state index contributed by atoms with van der Waals surface area (Å²) in [4.78, 5) is 20.0. The third-order valence-electron chi connectivity index (χ3n) is 2.28. The van der Waals surface area contributed by atoms with Crippen LogP contribution in [0, 0.1) is 6.92 Å². The number of rotatable bonds is 10. The molecule has 0 bridgehead atoms. The predicted molar refractivity (Wildman–Crippen MR) is 75.5 cm³/mol. The molecule has 0 radical (unpaired) electrons. The van der Waals surface area contributed by atoms with E-state index in [1.807, 2.05) is 0 Å². The van der Waals surface area contributed by atoms with Crippen LogP contribution in [0.2, 0.25) is 0 Å². The molecule has 0 fully saturated rings. The van der Waals surface area contributed by atoms with Gasteiger partial charge in [0.05, 0.1) is 6.42 Å². The number of unbranched alkanes of at least 4 members (excludes halogenated alkanes) is 3. The summed E-state index contributed by atoms with van der Waals surface area (Å²) in [5.74, 6) is -3.50. The van der Waals surface area contributed by atoms with Gasteiger partial charge in [0, 0.05) is 6.61 Å². The summed E-state index contributed by atoms with van der Waals surface area (Å²) in [6.07, 6.45) is 3.97. The molecule has 0 amide bonds. The Morgan fingerprint density at radius 2 is 1.73 bits per heavy atom. The largest absolute Gasteiger partial charge is 1.00 e. The van der Waals surface area contributed by atoms with Gasteiger partial charge in [-0.3, -0.25) is 14.1 Å². The van der Waals surface area contributed by atoms with Crippen LogP contribution in [0.1, 0.15) is 39.0 Å². The first kappa shape index (κ1) is 27.3. The zero-order chi connectivity index (χ0) is 16.9. The van der Waals surface area contributed by atoms with Crippen LogP contribution in [0.3, 0.4) is 0 Å². The predicted octanol–water partition coefficient (Wildman–Crippen LogP) is -1.78. The number of carboxylic acid groups (broad SMARTS) is 2. The van der Waals surface area contributed by atoms with E-state index in [1.54, 1.807) is 0 Å². The van der Waals surface area contributed by atoms with Crippen molar-refractivity contribution < 1.29 is 88.9 Å². The number of hydrogen-bond acceptors (Lipinski definition) is 5. The van der Waals surface area contributed by atoms with Crippen molar-refractivity contribution in [1.82, 2.24) is 0 Å². The summed E-state index contributed by atoms with van der Waals surface area (Å²) in [6, 6.07) is 0. The molecule has 0 aliphatic carbocycles. The van der Waals surface area contributed by atoms with E-state index in [2.05, 4.69) is 13.8 Å². The Morgan fingerprint density at radius 1 is 1.18 bits per heavy atom. The third-order valence-corrected chi connectivity index (χ3v) is 3.37. The first-order valence-corrected chi connectivity index (χ1v) is 7.95. The summed E-state index contributed by atoms with van der Waals surface area (Å²) in [5.41, 5.74) is 0. The van der Waals surface area contributed by atoms with Gasteiger partial charge in [0.15, 0.2) is 5.25 Å². The average Bonchev–Trinajstić information content (AvgIpc) is 2.35. The van der Waals surface area contributed by atoms with Crippen molar-refractivity contribution in [2.75, 3.05) is 13.2 Å². The minimum absolute atomic E-state index is 0. The van der Waals surface area contributed by atoms with Crippen LogP contribution in [-0.2, 0) is 24.4 Å². The molecule has 0 aromatic heterocycles. The molecule has 0 saturated carbocycles. The number of hydrogen-bond donors (Lipinski definition) is 3. The van der Waals surface area contributed by atoms with Crippen LogP contribution in [0.15, 0.2) is 0 Å². The summed E-state index contributed by atoms with van der Waals surface area (Å²) < 4.78 is 33.7. The maximum absolute atomic E-state index is 10.2. The summed E-state index contributed by atoms with van der Waals surface area (Å²) in [7, 11) is -4.84. The standard InChI is InChI=1S/C8H17O.C4H6O7S.K/c1-3-5-6-7-8-9-4-2;5-3(6)1-2(4(7)8)12(9,10)11;/h2-8H2,1H3;2H,1H2,(H,5,6)(H,7,8)(H,9,10,11);/q-1;;+1. The van der Waals surface area contributed by atoms with Crippen molar-refractivity contribution in [1.29, 1.82) is 0 Å². The molecule has 0 rings (SSSR count). The van der Waals surface area contributed by atoms with Crippen LogP contribution in [0.4, 0.5) is 0 Å². The molecule has 0 spiro atoms. The molecule has 3 N–H and O–H groups in total. The fourth-order valence-electron chi connectivity index (χ4n) is 1.21. The Bertz CT molecular complexity index is 390. The monoisotopic (exact) mass is 366 g/mol. The van der Waals surface area contributed by atoms with Crippen molar-refractivity contribution in [2.45, 2.75) is 44.3 Å². The van der Waals surface area contributed by atoms with Gasteiger partial charge in [-0.2, -0.15) is 8.42 Å². The second kappa shape index (κ2) is 16.3. The second-order valence-electron chi connectivity index (χ2n) is 4.11. The SMILES string of the molecule is O=C(O)CC(C(=O)O)S(=O)(=O)O.[CH2-]COCCCCCC.[K+]. The van der Waals surface area contributed by atoms with Gasteiger partial charge in [-0.05, 0) is 6.42 Å². The summed E-state index contributed by atoms with van der Waals surface area (Å²) >= 11 is 0. The molecule has 1 unspecified atom stereocenters. The van der Waals surface area contributed by atoms with E-state index in [9.17, 15) is 18.0 Å². The number of carboxylic acids is 2. The molecule has 0 heterocycles. The molecule has 1 atom stereocenters.